The van der Waals surface area contributed by atoms with Crippen LogP contribution < -0.4 is 0 Å². The van der Waals surface area contributed by atoms with Crippen molar-refractivity contribution in [3.05, 3.63) is 47.9 Å². The highest BCUT2D eigenvalue weighted by atomic mass is 16.4. The molecule has 3 nitrogen and oxygen atoms in total. The first-order valence-corrected chi connectivity index (χ1v) is 6.88. The third-order valence-corrected chi connectivity index (χ3v) is 3.60. The van der Waals surface area contributed by atoms with E-state index in [0.29, 0.717) is 11.8 Å². The minimum Gasteiger partial charge on any atom is -0.420 e. The van der Waals surface area contributed by atoms with E-state index in [0.717, 1.165) is 30.7 Å². The normalized spacial score (nSPS) is 19.3. The minimum atomic E-state index is 0.380. The van der Waals surface area contributed by atoms with Gasteiger partial charge in [-0.1, -0.05) is 29.8 Å². The first-order chi connectivity index (χ1) is 9.33. The molecule has 0 radical (unpaired) electrons. The van der Waals surface area contributed by atoms with Crippen LogP contribution in [0.3, 0.4) is 0 Å². The van der Waals surface area contributed by atoms with Gasteiger partial charge in [0, 0.05) is 11.5 Å². The number of rotatable bonds is 2. The fourth-order valence-electron chi connectivity index (χ4n) is 2.41. The Labute approximate surface area is 113 Å². The average Bonchev–Trinajstić information content (AvgIpc) is 2.76. The summed E-state index contributed by atoms with van der Waals surface area (Å²) in [6.45, 7) is 2.07. The van der Waals surface area contributed by atoms with E-state index in [4.69, 9.17) is 4.42 Å². The molecule has 3 heteroatoms. The van der Waals surface area contributed by atoms with Crippen molar-refractivity contribution in [2.45, 2.75) is 38.5 Å². The first kappa shape index (κ1) is 12.2. The molecule has 0 amide bonds. The van der Waals surface area contributed by atoms with E-state index >= 15 is 0 Å². The van der Waals surface area contributed by atoms with Crippen LogP contribution in [0.25, 0.3) is 11.5 Å². The highest BCUT2D eigenvalue weighted by molar-refractivity contribution is 5.52. The molecule has 1 aromatic heterocycles. The second-order valence-electron chi connectivity index (χ2n) is 5.15. The zero-order valence-electron chi connectivity index (χ0n) is 11.2. The second kappa shape index (κ2) is 5.39. The smallest absolute Gasteiger partial charge is 0.247 e. The van der Waals surface area contributed by atoms with Gasteiger partial charge in [0.25, 0.3) is 0 Å². The fraction of sp³-hybridized carbons (Fsp3) is 0.375. The third-order valence-electron chi connectivity index (χ3n) is 3.60. The quantitative estimate of drug-likeness (QED) is 0.752. The molecule has 98 valence electrons. The number of aryl methyl sites for hydroxylation is 1. The van der Waals surface area contributed by atoms with E-state index in [-0.39, 0.29) is 0 Å². The van der Waals surface area contributed by atoms with Crippen LogP contribution in [0.5, 0.6) is 0 Å². The van der Waals surface area contributed by atoms with Crippen LogP contribution in [0.2, 0.25) is 0 Å². The summed E-state index contributed by atoms with van der Waals surface area (Å²) in [5, 5.41) is 8.41. The lowest BCUT2D eigenvalue weighted by Crippen LogP contribution is -1.96. The van der Waals surface area contributed by atoms with Crippen molar-refractivity contribution in [2.75, 3.05) is 0 Å². The summed E-state index contributed by atoms with van der Waals surface area (Å²) in [6.07, 6.45) is 8.97. The summed E-state index contributed by atoms with van der Waals surface area (Å²) in [6, 6.07) is 8.18. The summed E-state index contributed by atoms with van der Waals surface area (Å²) in [7, 11) is 0. The molecule has 2 aromatic rings. The van der Waals surface area contributed by atoms with Crippen LogP contribution in [-0.2, 0) is 0 Å². The predicted octanol–water partition coefficient (Wildman–Crippen LogP) is 4.26. The van der Waals surface area contributed by atoms with Gasteiger partial charge in [-0.15, -0.1) is 10.2 Å². The molecule has 0 spiro atoms. The lowest BCUT2D eigenvalue weighted by molar-refractivity contribution is 0.437. The van der Waals surface area contributed by atoms with Crippen molar-refractivity contribution < 1.29 is 4.42 Å². The number of benzene rings is 1. The molecule has 1 aliphatic carbocycles. The number of nitrogens with zero attached hydrogens (tertiary/aromatic N) is 2. The number of hydrogen-bond acceptors (Lipinski definition) is 3. The van der Waals surface area contributed by atoms with Crippen molar-refractivity contribution in [1.82, 2.24) is 10.2 Å². The summed E-state index contributed by atoms with van der Waals surface area (Å²) in [4.78, 5) is 0. The predicted molar refractivity (Wildman–Crippen MR) is 74.8 cm³/mol. The van der Waals surface area contributed by atoms with E-state index in [1.54, 1.807) is 0 Å². The highest BCUT2D eigenvalue weighted by Gasteiger charge is 2.19. The maximum atomic E-state index is 5.85. The third kappa shape index (κ3) is 2.75. The van der Waals surface area contributed by atoms with Crippen molar-refractivity contribution in [3.8, 4) is 11.5 Å². The molecule has 0 aliphatic heterocycles. The van der Waals surface area contributed by atoms with Gasteiger partial charge in [-0.3, -0.25) is 0 Å². The maximum absolute atomic E-state index is 5.85. The molecular formula is C16H18N2O. The van der Waals surface area contributed by atoms with Crippen molar-refractivity contribution in [3.63, 3.8) is 0 Å². The lowest BCUT2D eigenvalue weighted by atomic mass is 10.0. The number of aromatic nitrogens is 2. The lowest BCUT2D eigenvalue weighted by Gasteiger charge is -2.06. The zero-order valence-corrected chi connectivity index (χ0v) is 11.2. The van der Waals surface area contributed by atoms with E-state index in [1.807, 2.05) is 12.1 Å². The summed E-state index contributed by atoms with van der Waals surface area (Å²) < 4.78 is 5.85. The second-order valence-corrected chi connectivity index (χ2v) is 5.15. The van der Waals surface area contributed by atoms with Crippen LogP contribution in [-0.4, -0.2) is 10.2 Å². The van der Waals surface area contributed by atoms with Gasteiger partial charge in [-0.25, -0.2) is 0 Å². The summed E-state index contributed by atoms with van der Waals surface area (Å²) in [5.41, 5.74) is 2.23. The highest BCUT2D eigenvalue weighted by Crippen LogP contribution is 2.29. The monoisotopic (exact) mass is 254 g/mol. The minimum absolute atomic E-state index is 0.380. The van der Waals surface area contributed by atoms with Crippen LogP contribution in [0, 0.1) is 6.92 Å². The Morgan fingerprint density at radius 1 is 1.11 bits per heavy atom. The number of hydrogen-bond donors (Lipinski definition) is 0. The van der Waals surface area contributed by atoms with Crippen molar-refractivity contribution in [2.24, 2.45) is 0 Å². The van der Waals surface area contributed by atoms with Gasteiger partial charge >= 0.3 is 0 Å². The fourth-order valence-corrected chi connectivity index (χ4v) is 2.41. The van der Waals surface area contributed by atoms with E-state index in [9.17, 15) is 0 Å². The molecule has 0 bridgehead atoms. The van der Waals surface area contributed by atoms with Crippen molar-refractivity contribution in [1.29, 1.82) is 0 Å². The van der Waals surface area contributed by atoms with Gasteiger partial charge in [0.1, 0.15) is 0 Å². The Balaban J connectivity index is 1.82. The molecule has 3 rings (SSSR count). The van der Waals surface area contributed by atoms with Crippen molar-refractivity contribution >= 4 is 0 Å². The topological polar surface area (TPSA) is 38.9 Å². The van der Waals surface area contributed by atoms with E-state index in [2.05, 4.69) is 41.4 Å². The first-order valence-electron chi connectivity index (χ1n) is 6.88. The molecule has 0 N–H and O–H groups in total. The molecule has 0 fully saturated rings. The van der Waals surface area contributed by atoms with Crippen LogP contribution in [0.4, 0.5) is 0 Å². The van der Waals surface area contributed by atoms with Gasteiger partial charge in [-0.05, 0) is 44.7 Å². The maximum Gasteiger partial charge on any atom is 0.247 e. The number of allylic oxidation sites excluding steroid dienone is 2. The van der Waals surface area contributed by atoms with Gasteiger partial charge < -0.3 is 4.42 Å². The van der Waals surface area contributed by atoms with Crippen LogP contribution >= 0.6 is 0 Å². The SMILES string of the molecule is Cc1ccc(-c2nnc(C3CC=CCCC3)o2)cc1. The Morgan fingerprint density at radius 2 is 1.95 bits per heavy atom. The molecule has 1 aromatic carbocycles. The van der Waals surface area contributed by atoms with E-state index < -0.39 is 0 Å². The largest absolute Gasteiger partial charge is 0.420 e. The molecule has 1 atom stereocenters. The van der Waals surface area contributed by atoms with Gasteiger partial charge in [0.05, 0.1) is 0 Å². The zero-order chi connectivity index (χ0) is 13.1. The summed E-state index contributed by atoms with van der Waals surface area (Å²) >= 11 is 0. The van der Waals surface area contributed by atoms with Gasteiger partial charge in [-0.2, -0.15) is 0 Å². The Kier molecular flexibility index (Phi) is 3.45. The molecule has 1 unspecified atom stereocenters. The molecule has 1 aliphatic rings. The van der Waals surface area contributed by atoms with Gasteiger partial charge in [0.15, 0.2) is 0 Å². The molecule has 1 heterocycles. The Bertz CT molecular complexity index is 569. The Hall–Kier alpha value is -1.90. The molecule has 19 heavy (non-hydrogen) atoms. The average molecular weight is 254 g/mol. The van der Waals surface area contributed by atoms with Gasteiger partial charge in [0.2, 0.25) is 11.8 Å². The van der Waals surface area contributed by atoms with Crippen LogP contribution in [0.1, 0.15) is 43.1 Å². The molecule has 0 saturated heterocycles. The molecular weight excluding hydrogens is 236 g/mol. The molecule has 0 saturated carbocycles. The summed E-state index contributed by atoms with van der Waals surface area (Å²) in [5.74, 6) is 1.79. The van der Waals surface area contributed by atoms with E-state index in [1.165, 1.54) is 12.0 Å². The standard InChI is InChI=1S/C16H18N2O/c1-12-8-10-14(11-9-12)16-18-17-15(19-16)13-6-4-2-3-5-7-13/h2,4,8-11,13H,3,5-7H2,1H3. The Morgan fingerprint density at radius 3 is 2.79 bits per heavy atom. The van der Waals surface area contributed by atoms with Crippen LogP contribution in [0.15, 0.2) is 40.8 Å².